The van der Waals surface area contributed by atoms with E-state index in [1.165, 1.54) is 17.4 Å². The van der Waals surface area contributed by atoms with Gasteiger partial charge in [0.05, 0.1) is 35.5 Å². The van der Waals surface area contributed by atoms with Gasteiger partial charge in [-0.05, 0) is 43.5 Å². The highest BCUT2D eigenvalue weighted by Crippen LogP contribution is 2.34. The van der Waals surface area contributed by atoms with Gasteiger partial charge in [0.25, 0.3) is 11.6 Å². The van der Waals surface area contributed by atoms with Crippen molar-refractivity contribution in [3.63, 3.8) is 0 Å². The first-order chi connectivity index (χ1) is 18.0. The topological polar surface area (TPSA) is 101 Å². The van der Waals surface area contributed by atoms with Crippen LogP contribution in [-0.4, -0.2) is 80.3 Å². The largest absolute Gasteiger partial charge is 0.497 e. The fourth-order valence-electron chi connectivity index (χ4n) is 4.85. The Bertz CT molecular complexity index is 1270. The molecule has 0 radical (unpaired) electrons. The Kier molecular flexibility index (Phi) is 7.82. The summed E-state index contributed by atoms with van der Waals surface area (Å²) < 4.78 is 11.7. The van der Waals surface area contributed by atoms with Crippen molar-refractivity contribution < 1.29 is 19.2 Å². The molecule has 2 aliphatic rings. The first-order valence-corrected chi connectivity index (χ1v) is 13.4. The number of ether oxygens (including phenoxy) is 2. The van der Waals surface area contributed by atoms with Crippen molar-refractivity contribution in [2.45, 2.75) is 19.3 Å². The first-order valence-electron chi connectivity index (χ1n) is 12.6. The molecule has 3 heterocycles. The summed E-state index contributed by atoms with van der Waals surface area (Å²) in [4.78, 5) is 36.2. The molecule has 2 saturated heterocycles. The number of hydrogen-bond donors (Lipinski definition) is 0. The summed E-state index contributed by atoms with van der Waals surface area (Å²) in [6.45, 7) is 5.58. The number of morpholine rings is 1. The Morgan fingerprint density at radius 1 is 1.14 bits per heavy atom. The minimum atomic E-state index is -0.386. The van der Waals surface area contributed by atoms with Crippen molar-refractivity contribution in [3.05, 3.63) is 52.1 Å². The quantitative estimate of drug-likeness (QED) is 0.319. The van der Waals surface area contributed by atoms with Crippen molar-refractivity contribution >= 4 is 44.0 Å². The number of nitro benzene ring substituents is 1. The van der Waals surface area contributed by atoms with Crippen LogP contribution in [0.25, 0.3) is 10.2 Å². The average molecular weight is 526 g/mol. The number of amides is 1. The highest BCUT2D eigenvalue weighted by atomic mass is 32.1. The van der Waals surface area contributed by atoms with Crippen LogP contribution in [0.1, 0.15) is 29.6 Å². The summed E-state index contributed by atoms with van der Waals surface area (Å²) in [5, 5.41) is 12.6. The molecule has 37 heavy (non-hydrogen) atoms. The molecular weight excluding hydrogens is 494 g/mol. The van der Waals surface area contributed by atoms with Crippen LogP contribution in [-0.2, 0) is 4.74 Å². The molecule has 10 nitrogen and oxygen atoms in total. The molecule has 1 aromatic heterocycles. The van der Waals surface area contributed by atoms with Crippen LogP contribution in [0.15, 0.2) is 36.4 Å². The second-order valence-electron chi connectivity index (χ2n) is 9.25. The summed E-state index contributed by atoms with van der Waals surface area (Å²) in [6.07, 6.45) is 3.15. The van der Waals surface area contributed by atoms with E-state index in [1.807, 2.05) is 23.1 Å². The van der Waals surface area contributed by atoms with E-state index in [0.29, 0.717) is 42.9 Å². The van der Waals surface area contributed by atoms with Gasteiger partial charge in [-0.3, -0.25) is 24.7 Å². The molecular formula is C26H31N5O5S. The van der Waals surface area contributed by atoms with E-state index >= 15 is 0 Å². The molecule has 3 aromatic rings. The monoisotopic (exact) mass is 525 g/mol. The summed E-state index contributed by atoms with van der Waals surface area (Å²) in [7, 11) is 1.60. The van der Waals surface area contributed by atoms with Gasteiger partial charge in [0.1, 0.15) is 11.4 Å². The standard InChI is InChI=1S/C26H31N5O5S/c1-35-20-6-8-24-21(18-20)27-26(37-24)30(12-11-28-13-15-36-16-14-28)25(32)19-5-7-22(23(17-19)31(33)34)29-9-3-2-4-10-29/h5-8,17-18H,2-4,9-16H2,1H3. The fourth-order valence-corrected chi connectivity index (χ4v) is 5.82. The van der Waals surface area contributed by atoms with Gasteiger partial charge in [-0.25, -0.2) is 4.98 Å². The lowest BCUT2D eigenvalue weighted by Crippen LogP contribution is -2.43. The number of anilines is 2. The molecule has 0 spiro atoms. The zero-order chi connectivity index (χ0) is 25.8. The van der Waals surface area contributed by atoms with Crippen LogP contribution >= 0.6 is 11.3 Å². The molecule has 11 heteroatoms. The number of methoxy groups -OCH3 is 1. The van der Waals surface area contributed by atoms with Crippen LogP contribution in [0.5, 0.6) is 5.75 Å². The molecule has 2 aromatic carbocycles. The van der Waals surface area contributed by atoms with E-state index in [-0.39, 0.29) is 22.1 Å². The van der Waals surface area contributed by atoms with Gasteiger partial charge in [-0.1, -0.05) is 11.3 Å². The van der Waals surface area contributed by atoms with Crippen LogP contribution in [0.2, 0.25) is 0 Å². The highest BCUT2D eigenvalue weighted by Gasteiger charge is 2.27. The van der Waals surface area contributed by atoms with E-state index in [1.54, 1.807) is 24.1 Å². The van der Waals surface area contributed by atoms with E-state index in [4.69, 9.17) is 14.5 Å². The second kappa shape index (κ2) is 11.4. The molecule has 0 unspecified atom stereocenters. The lowest BCUT2D eigenvalue weighted by molar-refractivity contribution is -0.384. The molecule has 0 saturated carbocycles. The molecule has 0 bridgehead atoms. The minimum absolute atomic E-state index is 0.0325. The van der Waals surface area contributed by atoms with Crippen molar-refractivity contribution in [1.29, 1.82) is 0 Å². The van der Waals surface area contributed by atoms with E-state index in [0.717, 1.165) is 55.7 Å². The van der Waals surface area contributed by atoms with Crippen LogP contribution in [0.4, 0.5) is 16.5 Å². The summed E-state index contributed by atoms with van der Waals surface area (Å²) >= 11 is 1.42. The maximum absolute atomic E-state index is 13.9. The summed E-state index contributed by atoms with van der Waals surface area (Å²) in [5.74, 6) is 0.395. The Balaban J connectivity index is 1.47. The normalized spacial score (nSPS) is 16.6. The number of nitro groups is 1. The van der Waals surface area contributed by atoms with Crippen molar-refractivity contribution in [2.75, 3.05) is 69.4 Å². The van der Waals surface area contributed by atoms with Crippen LogP contribution in [0.3, 0.4) is 0 Å². The fraction of sp³-hybridized carbons (Fsp3) is 0.462. The number of fused-ring (bicyclic) bond motifs is 1. The third kappa shape index (κ3) is 5.68. The zero-order valence-corrected chi connectivity index (χ0v) is 21.7. The zero-order valence-electron chi connectivity index (χ0n) is 20.9. The van der Waals surface area contributed by atoms with Gasteiger partial charge in [0, 0.05) is 57.0 Å². The molecule has 1 amide bonds. The second-order valence-corrected chi connectivity index (χ2v) is 10.3. The number of carbonyl (C=O) groups is 1. The predicted molar refractivity (Wildman–Crippen MR) is 144 cm³/mol. The minimum Gasteiger partial charge on any atom is -0.497 e. The molecule has 196 valence electrons. The van der Waals surface area contributed by atoms with E-state index < -0.39 is 0 Å². The maximum Gasteiger partial charge on any atom is 0.293 e. The summed E-state index contributed by atoms with van der Waals surface area (Å²) in [6, 6.07) is 10.5. The van der Waals surface area contributed by atoms with Crippen molar-refractivity contribution in [2.24, 2.45) is 0 Å². The van der Waals surface area contributed by atoms with Crippen molar-refractivity contribution in [1.82, 2.24) is 9.88 Å². The Labute approximate surface area is 219 Å². The van der Waals surface area contributed by atoms with Gasteiger partial charge < -0.3 is 14.4 Å². The van der Waals surface area contributed by atoms with E-state index in [2.05, 4.69) is 4.90 Å². The smallest absolute Gasteiger partial charge is 0.293 e. The van der Waals surface area contributed by atoms with Gasteiger partial charge in [-0.15, -0.1) is 0 Å². The number of nitrogens with zero attached hydrogens (tertiary/aromatic N) is 5. The first kappa shape index (κ1) is 25.4. The number of carbonyl (C=O) groups excluding carboxylic acids is 1. The number of thiazole rings is 1. The number of piperidine rings is 1. The number of rotatable bonds is 8. The highest BCUT2D eigenvalue weighted by molar-refractivity contribution is 7.22. The number of aromatic nitrogens is 1. The van der Waals surface area contributed by atoms with E-state index in [9.17, 15) is 14.9 Å². The lowest BCUT2D eigenvalue weighted by atomic mass is 10.1. The van der Waals surface area contributed by atoms with Gasteiger partial charge in [-0.2, -0.15) is 0 Å². The molecule has 0 atom stereocenters. The van der Waals surface area contributed by atoms with Crippen molar-refractivity contribution in [3.8, 4) is 5.75 Å². The molecule has 0 aliphatic carbocycles. The van der Waals surface area contributed by atoms with Gasteiger partial charge >= 0.3 is 0 Å². The summed E-state index contributed by atoms with van der Waals surface area (Å²) in [5.41, 5.74) is 1.57. The third-order valence-corrected chi connectivity index (χ3v) is 7.98. The predicted octanol–water partition coefficient (Wildman–Crippen LogP) is 4.18. The number of hydrogen-bond acceptors (Lipinski definition) is 9. The average Bonchev–Trinajstić information content (AvgIpc) is 3.36. The van der Waals surface area contributed by atoms with Gasteiger partial charge in [0.15, 0.2) is 5.13 Å². The third-order valence-electron chi connectivity index (χ3n) is 6.92. The Hall–Kier alpha value is -3.28. The molecule has 2 aliphatic heterocycles. The molecule has 2 fully saturated rings. The molecule has 0 N–H and O–H groups in total. The number of benzene rings is 2. The SMILES string of the molecule is COc1ccc2sc(N(CCN3CCOCC3)C(=O)c3ccc(N4CCCCC4)c([N+](=O)[O-])c3)nc2c1. The Morgan fingerprint density at radius 2 is 1.92 bits per heavy atom. The maximum atomic E-state index is 13.9. The van der Waals surface area contributed by atoms with Gasteiger partial charge in [0.2, 0.25) is 0 Å². The lowest BCUT2D eigenvalue weighted by Gasteiger charge is -2.30. The van der Waals surface area contributed by atoms with Crippen LogP contribution < -0.4 is 14.5 Å². The Morgan fingerprint density at radius 3 is 2.65 bits per heavy atom. The van der Waals surface area contributed by atoms with Crippen LogP contribution in [0, 0.1) is 10.1 Å². The molecule has 5 rings (SSSR count).